The molecule has 0 heterocycles. The van der Waals surface area contributed by atoms with Gasteiger partial charge in [-0.25, -0.2) is 8.42 Å². The number of nitrogens with zero attached hydrogens (tertiary/aromatic N) is 2. The van der Waals surface area contributed by atoms with Crippen LogP contribution in [0.4, 0.5) is 5.69 Å². The van der Waals surface area contributed by atoms with Gasteiger partial charge in [-0.3, -0.25) is 13.9 Å². The fourth-order valence-corrected chi connectivity index (χ4v) is 5.51. The number of benzene rings is 3. The van der Waals surface area contributed by atoms with E-state index in [2.05, 4.69) is 5.32 Å². The monoisotopic (exact) mass is 537 g/mol. The van der Waals surface area contributed by atoms with Crippen molar-refractivity contribution >= 4 is 27.5 Å². The molecule has 0 aliphatic rings. The Hall–Kier alpha value is -3.85. The van der Waals surface area contributed by atoms with Crippen molar-refractivity contribution in [2.75, 3.05) is 25.0 Å². The first-order valence-corrected chi connectivity index (χ1v) is 13.8. The van der Waals surface area contributed by atoms with Gasteiger partial charge in [0.15, 0.2) is 0 Å². The maximum atomic E-state index is 13.9. The molecule has 0 spiro atoms. The Morgan fingerprint density at radius 1 is 0.947 bits per heavy atom. The van der Waals surface area contributed by atoms with Crippen LogP contribution in [0.15, 0.2) is 77.7 Å². The van der Waals surface area contributed by atoms with E-state index in [-0.39, 0.29) is 23.0 Å². The van der Waals surface area contributed by atoms with Gasteiger partial charge in [-0.2, -0.15) is 0 Å². The number of likely N-dealkylation sites (N-methyl/N-ethyl adjacent to an activating group) is 1. The summed E-state index contributed by atoms with van der Waals surface area (Å²) in [6, 6.07) is 19.9. The molecule has 1 N–H and O–H groups in total. The molecule has 0 radical (unpaired) electrons. The minimum absolute atomic E-state index is 0.0575. The third-order valence-electron chi connectivity index (χ3n) is 6.33. The Bertz CT molecular complexity index is 1360. The quantitative estimate of drug-likeness (QED) is 0.398. The lowest BCUT2D eigenvalue weighted by Gasteiger charge is -2.33. The Kier molecular flexibility index (Phi) is 9.52. The van der Waals surface area contributed by atoms with E-state index in [1.807, 2.05) is 45.0 Å². The second-order valence-corrected chi connectivity index (χ2v) is 10.9. The molecule has 8 nitrogen and oxygen atoms in total. The first-order chi connectivity index (χ1) is 18.1. The first-order valence-electron chi connectivity index (χ1n) is 12.4. The normalized spacial score (nSPS) is 11.9. The maximum Gasteiger partial charge on any atom is 0.264 e. The van der Waals surface area contributed by atoms with Gasteiger partial charge in [0, 0.05) is 19.7 Å². The third kappa shape index (κ3) is 6.72. The summed E-state index contributed by atoms with van der Waals surface area (Å²) < 4.78 is 34.1. The number of aryl methyl sites for hydroxylation is 2. The van der Waals surface area contributed by atoms with Crippen molar-refractivity contribution in [2.24, 2.45) is 0 Å². The number of hydrogen-bond donors (Lipinski definition) is 1. The topological polar surface area (TPSA) is 96.0 Å². The van der Waals surface area contributed by atoms with Crippen LogP contribution >= 0.6 is 0 Å². The summed E-state index contributed by atoms with van der Waals surface area (Å²) in [5.41, 5.74) is 3.09. The minimum Gasteiger partial charge on any atom is -0.497 e. The van der Waals surface area contributed by atoms with Crippen LogP contribution in [-0.2, 0) is 26.2 Å². The number of hydrogen-bond acceptors (Lipinski definition) is 5. The van der Waals surface area contributed by atoms with Gasteiger partial charge >= 0.3 is 0 Å². The van der Waals surface area contributed by atoms with Crippen molar-refractivity contribution in [3.05, 3.63) is 89.5 Å². The molecule has 1 atom stereocenters. The van der Waals surface area contributed by atoms with Crippen LogP contribution in [0.1, 0.15) is 30.0 Å². The highest BCUT2D eigenvalue weighted by Crippen LogP contribution is 2.28. The van der Waals surface area contributed by atoms with E-state index < -0.39 is 28.5 Å². The molecule has 202 valence electrons. The fraction of sp³-hybridized carbons (Fsp3) is 0.310. The van der Waals surface area contributed by atoms with E-state index in [0.29, 0.717) is 12.2 Å². The van der Waals surface area contributed by atoms with Crippen molar-refractivity contribution in [1.29, 1.82) is 0 Å². The van der Waals surface area contributed by atoms with E-state index in [4.69, 9.17) is 4.74 Å². The summed E-state index contributed by atoms with van der Waals surface area (Å²) in [4.78, 5) is 28.2. The number of carbonyl (C=O) groups is 2. The van der Waals surface area contributed by atoms with Crippen molar-refractivity contribution in [3.8, 4) is 5.75 Å². The second kappa shape index (κ2) is 12.6. The van der Waals surface area contributed by atoms with Gasteiger partial charge in [0.05, 0.1) is 17.7 Å². The van der Waals surface area contributed by atoms with Crippen LogP contribution in [0.3, 0.4) is 0 Å². The van der Waals surface area contributed by atoms with E-state index >= 15 is 0 Å². The lowest BCUT2D eigenvalue weighted by molar-refractivity contribution is -0.140. The molecule has 0 aromatic heterocycles. The average molecular weight is 538 g/mol. The highest BCUT2D eigenvalue weighted by Gasteiger charge is 2.33. The Balaban J connectivity index is 2.07. The molecular formula is C29H35N3O5S. The molecule has 9 heteroatoms. The molecule has 0 fully saturated rings. The summed E-state index contributed by atoms with van der Waals surface area (Å²) in [6.07, 6.45) is 0.362. The van der Waals surface area contributed by atoms with Gasteiger partial charge in [0.2, 0.25) is 11.8 Å². The summed E-state index contributed by atoms with van der Waals surface area (Å²) in [6.45, 7) is 5.31. The van der Waals surface area contributed by atoms with Crippen LogP contribution in [-0.4, -0.2) is 51.9 Å². The van der Waals surface area contributed by atoms with Crippen LogP contribution in [0.25, 0.3) is 0 Å². The number of sulfonamides is 1. The number of amides is 2. The highest BCUT2D eigenvalue weighted by atomic mass is 32.2. The smallest absolute Gasteiger partial charge is 0.264 e. The van der Waals surface area contributed by atoms with Gasteiger partial charge in [0.25, 0.3) is 10.0 Å². The SMILES string of the molecule is CC[C@H](C(=O)NC)N(Cc1ccc(C)cc1)C(=O)CN(c1cccc(OC)c1)S(=O)(=O)c1ccc(C)cc1. The molecular weight excluding hydrogens is 502 g/mol. The highest BCUT2D eigenvalue weighted by molar-refractivity contribution is 7.92. The lowest BCUT2D eigenvalue weighted by atomic mass is 10.1. The van der Waals surface area contributed by atoms with E-state index in [1.165, 1.54) is 31.2 Å². The summed E-state index contributed by atoms with van der Waals surface area (Å²) >= 11 is 0. The first kappa shape index (κ1) is 28.7. The maximum absolute atomic E-state index is 13.9. The van der Waals surface area contributed by atoms with Crippen LogP contribution in [0.5, 0.6) is 5.75 Å². The summed E-state index contributed by atoms with van der Waals surface area (Å²) in [7, 11) is -1.13. The molecule has 0 aliphatic heterocycles. The standard InChI is InChI=1S/C29H35N3O5S/c1-6-27(29(34)30-4)31(19-23-14-10-21(2)11-15-23)28(33)20-32(24-8-7-9-25(18-24)37-5)38(35,36)26-16-12-22(3)13-17-26/h7-18,27H,6,19-20H2,1-5H3,(H,30,34)/t27-/m1/s1. The molecule has 0 bridgehead atoms. The Morgan fingerprint density at radius 2 is 1.55 bits per heavy atom. The third-order valence-corrected chi connectivity index (χ3v) is 8.12. The van der Waals surface area contributed by atoms with Gasteiger partial charge in [0.1, 0.15) is 18.3 Å². The molecule has 0 unspecified atom stereocenters. The molecule has 0 saturated carbocycles. The largest absolute Gasteiger partial charge is 0.497 e. The van der Waals surface area contributed by atoms with Gasteiger partial charge in [-0.15, -0.1) is 0 Å². The minimum atomic E-state index is -4.13. The molecule has 2 amide bonds. The Labute approximate surface area is 225 Å². The van der Waals surface area contributed by atoms with Crippen molar-refractivity contribution < 1.29 is 22.7 Å². The zero-order valence-corrected chi connectivity index (χ0v) is 23.3. The van der Waals surface area contributed by atoms with E-state index in [0.717, 1.165) is 21.0 Å². The van der Waals surface area contributed by atoms with Gasteiger partial charge < -0.3 is 15.0 Å². The molecule has 38 heavy (non-hydrogen) atoms. The van der Waals surface area contributed by atoms with Crippen molar-refractivity contribution in [2.45, 2.75) is 44.7 Å². The summed E-state index contributed by atoms with van der Waals surface area (Å²) in [5.74, 6) is -0.367. The predicted molar refractivity (Wildman–Crippen MR) is 149 cm³/mol. The van der Waals surface area contributed by atoms with Gasteiger partial charge in [-0.1, -0.05) is 60.5 Å². The Morgan fingerprint density at radius 3 is 2.11 bits per heavy atom. The second-order valence-electron chi connectivity index (χ2n) is 9.07. The van der Waals surface area contributed by atoms with Crippen LogP contribution < -0.4 is 14.4 Å². The van der Waals surface area contributed by atoms with Crippen molar-refractivity contribution in [3.63, 3.8) is 0 Å². The zero-order valence-electron chi connectivity index (χ0n) is 22.5. The number of rotatable bonds is 11. The predicted octanol–water partition coefficient (Wildman–Crippen LogP) is 4.06. The molecule has 3 aromatic carbocycles. The van der Waals surface area contributed by atoms with Gasteiger partial charge in [-0.05, 0) is 50.1 Å². The number of methoxy groups -OCH3 is 1. The number of carbonyl (C=O) groups excluding carboxylic acids is 2. The number of nitrogens with one attached hydrogen (secondary N) is 1. The summed E-state index contributed by atoms with van der Waals surface area (Å²) in [5, 5.41) is 2.63. The van der Waals surface area contributed by atoms with Crippen LogP contribution in [0.2, 0.25) is 0 Å². The molecule has 3 rings (SSSR count). The number of anilines is 1. The van der Waals surface area contributed by atoms with Crippen LogP contribution in [0, 0.1) is 13.8 Å². The van der Waals surface area contributed by atoms with E-state index in [9.17, 15) is 18.0 Å². The molecule has 0 aliphatic carbocycles. The lowest BCUT2D eigenvalue weighted by Crippen LogP contribution is -2.51. The molecule has 3 aromatic rings. The number of ether oxygens (including phenoxy) is 1. The van der Waals surface area contributed by atoms with E-state index in [1.54, 1.807) is 36.4 Å². The van der Waals surface area contributed by atoms with Crippen molar-refractivity contribution in [1.82, 2.24) is 10.2 Å². The molecule has 0 saturated heterocycles. The average Bonchev–Trinajstić information content (AvgIpc) is 2.92. The fourth-order valence-electron chi connectivity index (χ4n) is 4.11. The zero-order chi connectivity index (χ0) is 27.9.